The molecule has 0 bridgehead atoms. The van der Waals surface area contributed by atoms with Crippen molar-refractivity contribution in [3.63, 3.8) is 0 Å². The lowest BCUT2D eigenvalue weighted by atomic mass is 9.87. The number of nitrogens with zero attached hydrogens (tertiary/aromatic N) is 1. The summed E-state index contributed by atoms with van der Waals surface area (Å²) in [6, 6.07) is 0.900. The molecule has 1 unspecified atom stereocenters. The van der Waals surface area contributed by atoms with Crippen LogP contribution >= 0.6 is 0 Å². The van der Waals surface area contributed by atoms with Gasteiger partial charge in [-0.25, -0.2) is 4.98 Å². The number of anilines is 1. The standard InChI is InChI=1S/C9H16N4O/c1-9(2,3)7(11)8-12-5(10)4-6(14)13-8/h4,7H,11H2,1-3H3,(H3,10,12,13,14). The molecule has 0 aliphatic carbocycles. The molecule has 1 rings (SSSR count). The van der Waals surface area contributed by atoms with Crippen molar-refractivity contribution >= 4 is 5.82 Å². The van der Waals surface area contributed by atoms with E-state index in [1.54, 1.807) is 0 Å². The number of aromatic amines is 1. The zero-order valence-corrected chi connectivity index (χ0v) is 8.66. The first-order valence-electron chi connectivity index (χ1n) is 4.43. The summed E-state index contributed by atoms with van der Waals surface area (Å²) in [5, 5.41) is 0. The fraction of sp³-hybridized carbons (Fsp3) is 0.556. The van der Waals surface area contributed by atoms with Crippen LogP contribution in [0.5, 0.6) is 0 Å². The predicted molar refractivity (Wildman–Crippen MR) is 55.7 cm³/mol. The molecule has 78 valence electrons. The second-order valence-electron chi connectivity index (χ2n) is 4.40. The first-order valence-corrected chi connectivity index (χ1v) is 4.43. The third kappa shape index (κ3) is 2.32. The Morgan fingerprint density at radius 1 is 1.50 bits per heavy atom. The van der Waals surface area contributed by atoms with Crippen molar-refractivity contribution < 1.29 is 0 Å². The topological polar surface area (TPSA) is 97.8 Å². The van der Waals surface area contributed by atoms with Gasteiger partial charge in [0.05, 0.1) is 6.04 Å². The minimum absolute atomic E-state index is 0.163. The van der Waals surface area contributed by atoms with Gasteiger partial charge in [0.1, 0.15) is 11.6 Å². The summed E-state index contributed by atoms with van der Waals surface area (Å²) in [5.41, 5.74) is 10.9. The van der Waals surface area contributed by atoms with Crippen LogP contribution in [0.4, 0.5) is 5.82 Å². The van der Waals surface area contributed by atoms with Crippen molar-refractivity contribution in [1.29, 1.82) is 0 Å². The highest BCUT2D eigenvalue weighted by Gasteiger charge is 2.24. The number of nitrogens with two attached hydrogens (primary N) is 2. The van der Waals surface area contributed by atoms with Crippen molar-refractivity contribution in [2.75, 3.05) is 5.73 Å². The highest BCUT2D eigenvalue weighted by atomic mass is 16.1. The average Bonchev–Trinajstić information content (AvgIpc) is 1.99. The second-order valence-corrected chi connectivity index (χ2v) is 4.40. The van der Waals surface area contributed by atoms with Crippen molar-refractivity contribution in [3.8, 4) is 0 Å². The van der Waals surface area contributed by atoms with E-state index in [1.165, 1.54) is 6.07 Å². The molecule has 0 saturated heterocycles. The van der Waals surface area contributed by atoms with E-state index in [0.717, 1.165) is 0 Å². The van der Waals surface area contributed by atoms with Crippen LogP contribution in [-0.2, 0) is 0 Å². The summed E-state index contributed by atoms with van der Waals surface area (Å²) < 4.78 is 0. The molecule has 1 aromatic rings. The van der Waals surface area contributed by atoms with Crippen LogP contribution < -0.4 is 17.0 Å². The lowest BCUT2D eigenvalue weighted by Gasteiger charge is -2.25. The van der Waals surface area contributed by atoms with Crippen LogP contribution in [-0.4, -0.2) is 9.97 Å². The molecule has 1 aromatic heterocycles. The molecule has 0 aliphatic rings. The molecule has 0 aromatic carbocycles. The molecule has 1 atom stereocenters. The van der Waals surface area contributed by atoms with Crippen molar-refractivity contribution in [2.24, 2.45) is 11.1 Å². The summed E-state index contributed by atoms with van der Waals surface area (Å²) in [4.78, 5) is 17.7. The number of hydrogen-bond donors (Lipinski definition) is 3. The fourth-order valence-electron chi connectivity index (χ4n) is 1.05. The highest BCUT2D eigenvalue weighted by Crippen LogP contribution is 2.27. The van der Waals surface area contributed by atoms with Crippen LogP contribution in [0.15, 0.2) is 10.9 Å². The molecule has 1 heterocycles. The monoisotopic (exact) mass is 196 g/mol. The Balaban J connectivity index is 3.14. The molecular formula is C9H16N4O. The molecule has 0 radical (unpaired) electrons. The number of rotatable bonds is 1. The lowest BCUT2D eigenvalue weighted by Crippen LogP contribution is -2.30. The maximum absolute atomic E-state index is 11.1. The van der Waals surface area contributed by atoms with E-state index in [1.807, 2.05) is 20.8 Å². The summed E-state index contributed by atoms with van der Waals surface area (Å²) >= 11 is 0. The van der Waals surface area contributed by atoms with Gasteiger partial charge in [0.25, 0.3) is 5.56 Å². The molecule has 0 amide bonds. The quantitative estimate of drug-likeness (QED) is 0.605. The molecule has 0 fully saturated rings. The number of aromatic nitrogens is 2. The van der Waals surface area contributed by atoms with Crippen LogP contribution in [0.1, 0.15) is 32.6 Å². The Kier molecular flexibility index (Phi) is 2.62. The van der Waals surface area contributed by atoms with Crippen molar-refractivity contribution in [2.45, 2.75) is 26.8 Å². The van der Waals surface area contributed by atoms with Crippen LogP contribution in [0, 0.1) is 5.41 Å². The zero-order chi connectivity index (χ0) is 10.9. The van der Waals surface area contributed by atoms with Gasteiger partial charge in [-0.15, -0.1) is 0 Å². The molecule has 5 N–H and O–H groups in total. The fourth-order valence-corrected chi connectivity index (χ4v) is 1.05. The lowest BCUT2D eigenvalue weighted by molar-refractivity contribution is 0.315. The maximum Gasteiger partial charge on any atom is 0.253 e. The van der Waals surface area contributed by atoms with Gasteiger partial charge in [-0.3, -0.25) is 4.79 Å². The molecule has 5 nitrogen and oxygen atoms in total. The van der Waals surface area contributed by atoms with Crippen LogP contribution in [0.3, 0.4) is 0 Å². The summed E-state index contributed by atoms with van der Waals surface area (Å²) in [6.07, 6.45) is 0. The Morgan fingerprint density at radius 2 is 2.07 bits per heavy atom. The van der Waals surface area contributed by atoms with E-state index in [9.17, 15) is 4.79 Å². The van der Waals surface area contributed by atoms with Crippen LogP contribution in [0.25, 0.3) is 0 Å². The summed E-state index contributed by atoms with van der Waals surface area (Å²) in [6.45, 7) is 5.92. The highest BCUT2D eigenvalue weighted by molar-refractivity contribution is 5.26. The first kappa shape index (κ1) is 10.7. The predicted octanol–water partition coefficient (Wildman–Crippen LogP) is 0.398. The zero-order valence-electron chi connectivity index (χ0n) is 8.66. The van der Waals surface area contributed by atoms with Gasteiger partial charge in [-0.1, -0.05) is 20.8 Å². The average molecular weight is 196 g/mol. The normalized spacial score (nSPS) is 14.0. The number of hydrogen-bond acceptors (Lipinski definition) is 4. The Labute approximate surface area is 82.5 Å². The number of H-pyrrole nitrogens is 1. The minimum atomic E-state index is -0.335. The van der Waals surface area contributed by atoms with Gasteiger partial charge in [0.2, 0.25) is 0 Å². The Morgan fingerprint density at radius 3 is 2.50 bits per heavy atom. The molecule has 0 spiro atoms. The largest absolute Gasteiger partial charge is 0.383 e. The van der Waals surface area contributed by atoms with Crippen molar-refractivity contribution in [1.82, 2.24) is 9.97 Å². The molecule has 5 heteroatoms. The Bertz CT molecular complexity index is 377. The molecule has 14 heavy (non-hydrogen) atoms. The van der Waals surface area contributed by atoms with Gasteiger partial charge in [-0.05, 0) is 5.41 Å². The molecular weight excluding hydrogens is 180 g/mol. The third-order valence-electron chi connectivity index (χ3n) is 2.01. The van der Waals surface area contributed by atoms with E-state index in [-0.39, 0.29) is 22.8 Å². The van der Waals surface area contributed by atoms with Gasteiger partial charge in [-0.2, -0.15) is 0 Å². The van der Waals surface area contributed by atoms with E-state index < -0.39 is 0 Å². The molecule has 0 saturated carbocycles. The summed E-state index contributed by atoms with van der Waals surface area (Å²) in [7, 11) is 0. The minimum Gasteiger partial charge on any atom is -0.383 e. The van der Waals surface area contributed by atoms with Crippen LogP contribution in [0.2, 0.25) is 0 Å². The van der Waals surface area contributed by atoms with E-state index in [2.05, 4.69) is 9.97 Å². The van der Waals surface area contributed by atoms with Gasteiger partial charge in [0.15, 0.2) is 0 Å². The van der Waals surface area contributed by atoms with E-state index >= 15 is 0 Å². The number of nitrogen functional groups attached to an aromatic ring is 1. The van der Waals surface area contributed by atoms with Crippen molar-refractivity contribution in [3.05, 3.63) is 22.2 Å². The number of nitrogens with one attached hydrogen (secondary N) is 1. The van der Waals surface area contributed by atoms with Gasteiger partial charge < -0.3 is 16.5 Å². The second kappa shape index (κ2) is 3.42. The van der Waals surface area contributed by atoms with Gasteiger partial charge in [0, 0.05) is 6.07 Å². The smallest absolute Gasteiger partial charge is 0.253 e. The van der Waals surface area contributed by atoms with Gasteiger partial charge >= 0.3 is 0 Å². The third-order valence-corrected chi connectivity index (χ3v) is 2.01. The first-order chi connectivity index (χ1) is 6.30. The molecule has 0 aliphatic heterocycles. The summed E-state index contributed by atoms with van der Waals surface area (Å²) in [5.74, 6) is 0.631. The van der Waals surface area contributed by atoms with E-state index in [4.69, 9.17) is 11.5 Å². The van der Waals surface area contributed by atoms with E-state index in [0.29, 0.717) is 5.82 Å². The maximum atomic E-state index is 11.1. The Hall–Kier alpha value is -1.36. The SMILES string of the molecule is CC(C)(C)C(N)c1nc(N)cc(=O)[nH]1.